The molecule has 13 heavy (non-hydrogen) atoms. The maximum absolute atomic E-state index is 10.9. The number of rotatable bonds is 4. The zero-order valence-electron chi connectivity index (χ0n) is 7.66. The standard InChI is InChI=1S/C7H14N2O4/c1-5(2)6(11)8-3-9-7(12)13-4-10/h5,10H,3-4H2,1-2H3,(H,8,11)(H,9,12). The van der Waals surface area contributed by atoms with Crippen molar-refractivity contribution < 1.29 is 19.4 Å². The zero-order chi connectivity index (χ0) is 10.3. The van der Waals surface area contributed by atoms with Crippen molar-refractivity contribution in [2.24, 2.45) is 5.92 Å². The smallest absolute Gasteiger partial charge is 0.410 e. The molecule has 3 N–H and O–H groups in total. The molecule has 0 aromatic rings. The third-order valence-corrected chi connectivity index (χ3v) is 1.22. The van der Waals surface area contributed by atoms with E-state index in [1.54, 1.807) is 13.8 Å². The Balaban J connectivity index is 3.45. The molecule has 0 radical (unpaired) electrons. The topological polar surface area (TPSA) is 87.7 Å². The van der Waals surface area contributed by atoms with E-state index in [9.17, 15) is 9.59 Å². The van der Waals surface area contributed by atoms with Gasteiger partial charge in [0.25, 0.3) is 0 Å². The van der Waals surface area contributed by atoms with Crippen LogP contribution >= 0.6 is 0 Å². The Morgan fingerprint density at radius 2 is 2.00 bits per heavy atom. The van der Waals surface area contributed by atoms with Crippen molar-refractivity contribution in [1.29, 1.82) is 0 Å². The second-order valence-electron chi connectivity index (χ2n) is 2.61. The molecule has 0 aliphatic carbocycles. The Bertz CT molecular complexity index is 181. The largest absolute Gasteiger partial charge is 0.423 e. The van der Waals surface area contributed by atoms with Crippen LogP contribution in [0.25, 0.3) is 0 Å². The number of amides is 2. The van der Waals surface area contributed by atoms with E-state index < -0.39 is 12.9 Å². The van der Waals surface area contributed by atoms with Crippen molar-refractivity contribution in [2.45, 2.75) is 13.8 Å². The Morgan fingerprint density at radius 3 is 2.46 bits per heavy atom. The average molecular weight is 190 g/mol. The highest BCUT2D eigenvalue weighted by atomic mass is 16.6. The number of hydrogen-bond donors (Lipinski definition) is 3. The molecule has 6 heteroatoms. The van der Waals surface area contributed by atoms with Crippen LogP contribution in [0.5, 0.6) is 0 Å². The van der Waals surface area contributed by atoms with E-state index >= 15 is 0 Å². The van der Waals surface area contributed by atoms with Crippen LogP contribution in [0.3, 0.4) is 0 Å². The predicted octanol–water partition coefficient (Wildman–Crippen LogP) is -0.608. The van der Waals surface area contributed by atoms with Crippen LogP contribution in [0.4, 0.5) is 4.79 Å². The summed E-state index contributed by atoms with van der Waals surface area (Å²) in [6.45, 7) is 2.79. The maximum atomic E-state index is 10.9. The molecule has 0 atom stereocenters. The molecular formula is C7H14N2O4. The van der Waals surface area contributed by atoms with Gasteiger partial charge in [0.15, 0.2) is 6.79 Å². The molecule has 0 saturated carbocycles. The number of aliphatic hydroxyl groups excluding tert-OH is 1. The Hall–Kier alpha value is -1.30. The van der Waals surface area contributed by atoms with E-state index in [1.165, 1.54) is 0 Å². The van der Waals surface area contributed by atoms with Gasteiger partial charge in [0, 0.05) is 5.92 Å². The number of hydrogen-bond acceptors (Lipinski definition) is 4. The van der Waals surface area contributed by atoms with Gasteiger partial charge in [-0.05, 0) is 0 Å². The van der Waals surface area contributed by atoms with Crippen LogP contribution in [0.2, 0.25) is 0 Å². The average Bonchev–Trinajstić information content (AvgIpc) is 2.04. The minimum absolute atomic E-state index is 0.00412. The lowest BCUT2D eigenvalue weighted by Crippen LogP contribution is -2.39. The van der Waals surface area contributed by atoms with Crippen LogP contribution in [0.15, 0.2) is 0 Å². The van der Waals surface area contributed by atoms with Crippen molar-refractivity contribution in [3.63, 3.8) is 0 Å². The summed E-state index contributed by atoms with van der Waals surface area (Å²) >= 11 is 0. The van der Waals surface area contributed by atoms with Gasteiger partial charge in [-0.15, -0.1) is 0 Å². The van der Waals surface area contributed by atoms with Crippen molar-refractivity contribution in [1.82, 2.24) is 10.6 Å². The lowest BCUT2D eigenvalue weighted by Gasteiger charge is -2.08. The van der Waals surface area contributed by atoms with Crippen molar-refractivity contribution >= 4 is 12.0 Å². The molecule has 0 saturated heterocycles. The summed E-state index contributed by atoms with van der Waals surface area (Å²) in [5.74, 6) is -0.292. The summed E-state index contributed by atoms with van der Waals surface area (Å²) in [5.41, 5.74) is 0. The first-order valence-electron chi connectivity index (χ1n) is 3.87. The molecule has 0 unspecified atom stereocenters. The molecule has 2 amide bonds. The van der Waals surface area contributed by atoms with Gasteiger partial charge < -0.3 is 20.5 Å². The highest BCUT2D eigenvalue weighted by Gasteiger charge is 2.06. The zero-order valence-corrected chi connectivity index (χ0v) is 7.66. The molecule has 0 aromatic carbocycles. The van der Waals surface area contributed by atoms with E-state index in [4.69, 9.17) is 5.11 Å². The summed E-state index contributed by atoms with van der Waals surface area (Å²) < 4.78 is 4.14. The fourth-order valence-corrected chi connectivity index (χ4v) is 0.517. The van der Waals surface area contributed by atoms with Gasteiger partial charge >= 0.3 is 6.09 Å². The predicted molar refractivity (Wildman–Crippen MR) is 44.6 cm³/mol. The minimum atomic E-state index is -0.772. The van der Waals surface area contributed by atoms with Crippen LogP contribution < -0.4 is 10.6 Å². The molecule has 0 spiro atoms. The molecule has 0 rings (SSSR count). The fourth-order valence-electron chi connectivity index (χ4n) is 0.517. The van der Waals surface area contributed by atoms with Gasteiger partial charge in [-0.2, -0.15) is 0 Å². The third kappa shape index (κ3) is 5.92. The minimum Gasteiger partial charge on any atom is -0.423 e. The number of carbonyl (C=O) groups is 2. The first-order valence-corrected chi connectivity index (χ1v) is 3.87. The van der Waals surface area contributed by atoms with E-state index in [0.29, 0.717) is 0 Å². The highest BCUT2D eigenvalue weighted by Crippen LogP contribution is 1.88. The highest BCUT2D eigenvalue weighted by molar-refractivity contribution is 5.78. The first kappa shape index (κ1) is 11.7. The van der Waals surface area contributed by atoms with Gasteiger partial charge in [-0.3, -0.25) is 4.79 Å². The summed E-state index contributed by atoms with van der Waals surface area (Å²) in [7, 11) is 0. The van der Waals surface area contributed by atoms with Crippen LogP contribution in [0.1, 0.15) is 13.8 Å². The van der Waals surface area contributed by atoms with Crippen LogP contribution in [0, 0.1) is 5.92 Å². The van der Waals surface area contributed by atoms with Crippen LogP contribution in [-0.2, 0) is 9.53 Å². The number of carbonyl (C=O) groups excluding carboxylic acids is 2. The molecule has 6 nitrogen and oxygen atoms in total. The monoisotopic (exact) mass is 190 g/mol. The second kappa shape index (κ2) is 6.24. The summed E-state index contributed by atoms with van der Waals surface area (Å²) in [6, 6.07) is 0. The van der Waals surface area contributed by atoms with E-state index in [0.717, 1.165) is 0 Å². The summed E-state index contributed by atoms with van der Waals surface area (Å²) in [5, 5.41) is 12.8. The Labute approximate surface area is 76.3 Å². The number of aliphatic hydroxyl groups is 1. The molecule has 0 bridgehead atoms. The van der Waals surface area contributed by atoms with Gasteiger partial charge in [0.1, 0.15) is 0 Å². The molecule has 0 heterocycles. The van der Waals surface area contributed by atoms with Crippen molar-refractivity contribution in [2.75, 3.05) is 13.5 Å². The van der Waals surface area contributed by atoms with Gasteiger partial charge in [-0.1, -0.05) is 13.8 Å². The quantitative estimate of drug-likeness (QED) is 0.516. The SMILES string of the molecule is CC(C)C(=O)NCNC(=O)OCO. The summed E-state index contributed by atoms with van der Waals surface area (Å²) in [4.78, 5) is 21.5. The Kier molecular flexibility index (Phi) is 5.62. The van der Waals surface area contributed by atoms with Gasteiger partial charge in [0.05, 0.1) is 6.67 Å². The van der Waals surface area contributed by atoms with Crippen molar-refractivity contribution in [3.8, 4) is 0 Å². The number of alkyl carbamates (subject to hydrolysis) is 1. The van der Waals surface area contributed by atoms with Gasteiger partial charge in [0.2, 0.25) is 5.91 Å². The lowest BCUT2D eigenvalue weighted by atomic mass is 10.2. The van der Waals surface area contributed by atoms with E-state index in [2.05, 4.69) is 15.4 Å². The first-order chi connectivity index (χ1) is 6.07. The lowest BCUT2D eigenvalue weighted by molar-refractivity contribution is -0.124. The number of nitrogens with one attached hydrogen (secondary N) is 2. The van der Waals surface area contributed by atoms with Gasteiger partial charge in [-0.25, -0.2) is 4.79 Å². The van der Waals surface area contributed by atoms with E-state index in [-0.39, 0.29) is 18.5 Å². The van der Waals surface area contributed by atoms with Crippen molar-refractivity contribution in [3.05, 3.63) is 0 Å². The second-order valence-corrected chi connectivity index (χ2v) is 2.61. The summed E-state index contributed by atoms with van der Waals surface area (Å²) in [6.07, 6.45) is -0.772. The fraction of sp³-hybridized carbons (Fsp3) is 0.714. The normalized spacial score (nSPS) is 9.54. The molecule has 0 aliphatic rings. The molecule has 0 aliphatic heterocycles. The number of ether oxygens (including phenoxy) is 1. The molecular weight excluding hydrogens is 176 g/mol. The molecule has 76 valence electrons. The van der Waals surface area contributed by atoms with E-state index in [1.807, 2.05) is 0 Å². The third-order valence-electron chi connectivity index (χ3n) is 1.22. The molecule has 0 fully saturated rings. The van der Waals surface area contributed by atoms with Crippen LogP contribution in [-0.4, -0.2) is 30.6 Å². The maximum Gasteiger partial charge on any atom is 0.410 e. The Morgan fingerprint density at radius 1 is 1.38 bits per heavy atom. The molecule has 0 aromatic heterocycles.